The number of ketones is 1. The Morgan fingerprint density at radius 1 is 1.21 bits per heavy atom. The first-order valence-electron chi connectivity index (χ1n) is 7.72. The van der Waals surface area contributed by atoms with Gasteiger partial charge in [0.25, 0.3) is 0 Å². The van der Waals surface area contributed by atoms with Crippen LogP contribution < -0.4 is 9.47 Å². The summed E-state index contributed by atoms with van der Waals surface area (Å²) in [4.78, 5) is 24.2. The molecular formula is C19H18O5. The molecule has 5 nitrogen and oxygen atoms in total. The molecular weight excluding hydrogens is 308 g/mol. The fourth-order valence-electron chi connectivity index (χ4n) is 2.79. The number of hydrogen-bond acceptors (Lipinski definition) is 4. The second-order valence-corrected chi connectivity index (χ2v) is 5.77. The van der Waals surface area contributed by atoms with Crippen molar-refractivity contribution >= 4 is 11.8 Å². The van der Waals surface area contributed by atoms with Gasteiger partial charge in [-0.2, -0.15) is 0 Å². The van der Waals surface area contributed by atoms with Crippen LogP contribution in [0.3, 0.4) is 0 Å². The molecule has 0 spiro atoms. The average Bonchev–Trinajstić information content (AvgIpc) is 3.08. The van der Waals surface area contributed by atoms with Gasteiger partial charge in [-0.05, 0) is 48.4 Å². The van der Waals surface area contributed by atoms with E-state index in [2.05, 4.69) is 0 Å². The van der Waals surface area contributed by atoms with Gasteiger partial charge in [0.05, 0.1) is 25.2 Å². The summed E-state index contributed by atoms with van der Waals surface area (Å²) in [5.41, 5.74) is 2.42. The SMILES string of the molecule is COc1ccc(C(=O)c2cc(C(C)C(=O)O)cc3c2OCC3)cc1. The number of carbonyl (C=O) groups excluding carboxylic acids is 1. The molecule has 1 aliphatic heterocycles. The van der Waals surface area contributed by atoms with E-state index in [0.717, 1.165) is 5.56 Å². The van der Waals surface area contributed by atoms with E-state index in [-0.39, 0.29) is 5.78 Å². The fraction of sp³-hybridized carbons (Fsp3) is 0.263. The summed E-state index contributed by atoms with van der Waals surface area (Å²) in [5.74, 6) is -0.552. The third-order valence-electron chi connectivity index (χ3n) is 4.27. The molecule has 1 atom stereocenters. The molecule has 2 aromatic carbocycles. The monoisotopic (exact) mass is 326 g/mol. The first-order valence-corrected chi connectivity index (χ1v) is 7.72. The number of ether oxygens (including phenoxy) is 2. The van der Waals surface area contributed by atoms with Gasteiger partial charge in [-0.15, -0.1) is 0 Å². The van der Waals surface area contributed by atoms with Gasteiger partial charge in [0.15, 0.2) is 5.78 Å². The summed E-state index contributed by atoms with van der Waals surface area (Å²) in [6.07, 6.45) is 0.679. The Morgan fingerprint density at radius 3 is 2.54 bits per heavy atom. The van der Waals surface area contributed by atoms with Crippen LogP contribution in [0.2, 0.25) is 0 Å². The molecule has 0 radical (unpaired) electrons. The second kappa shape index (κ2) is 6.35. The van der Waals surface area contributed by atoms with Crippen LogP contribution in [0.4, 0.5) is 0 Å². The van der Waals surface area contributed by atoms with Crippen molar-refractivity contribution in [3.05, 3.63) is 58.7 Å². The first kappa shape index (κ1) is 16.1. The van der Waals surface area contributed by atoms with Crippen molar-refractivity contribution in [3.63, 3.8) is 0 Å². The highest BCUT2D eigenvalue weighted by atomic mass is 16.5. The van der Waals surface area contributed by atoms with Crippen LogP contribution in [-0.2, 0) is 11.2 Å². The van der Waals surface area contributed by atoms with Gasteiger partial charge in [-0.3, -0.25) is 9.59 Å². The van der Waals surface area contributed by atoms with E-state index in [0.29, 0.717) is 41.2 Å². The zero-order valence-corrected chi connectivity index (χ0v) is 13.5. The fourth-order valence-corrected chi connectivity index (χ4v) is 2.79. The zero-order chi connectivity index (χ0) is 17.3. The van der Waals surface area contributed by atoms with Crippen LogP contribution in [0.5, 0.6) is 11.5 Å². The maximum absolute atomic E-state index is 12.9. The maximum atomic E-state index is 12.9. The molecule has 1 unspecified atom stereocenters. The first-order chi connectivity index (χ1) is 11.5. The van der Waals surface area contributed by atoms with Gasteiger partial charge in [0.2, 0.25) is 0 Å². The Kier molecular flexibility index (Phi) is 4.25. The molecule has 0 bridgehead atoms. The van der Waals surface area contributed by atoms with Crippen LogP contribution >= 0.6 is 0 Å². The minimum absolute atomic E-state index is 0.185. The smallest absolute Gasteiger partial charge is 0.310 e. The Balaban J connectivity index is 2.05. The highest BCUT2D eigenvalue weighted by Gasteiger charge is 2.26. The Hall–Kier alpha value is -2.82. The normalized spacial score (nSPS) is 13.8. The van der Waals surface area contributed by atoms with Crippen LogP contribution in [-0.4, -0.2) is 30.6 Å². The van der Waals surface area contributed by atoms with Crippen LogP contribution in [0.15, 0.2) is 36.4 Å². The van der Waals surface area contributed by atoms with Crippen molar-refractivity contribution in [2.24, 2.45) is 0 Å². The van der Waals surface area contributed by atoms with E-state index in [9.17, 15) is 14.7 Å². The summed E-state index contributed by atoms with van der Waals surface area (Å²) in [7, 11) is 1.56. The lowest BCUT2D eigenvalue weighted by Crippen LogP contribution is -2.10. The van der Waals surface area contributed by atoms with Crippen LogP contribution in [0.1, 0.15) is 39.9 Å². The number of carboxylic acid groups (broad SMARTS) is 1. The number of benzene rings is 2. The van der Waals surface area contributed by atoms with Gasteiger partial charge in [0, 0.05) is 12.0 Å². The van der Waals surface area contributed by atoms with E-state index in [1.165, 1.54) is 0 Å². The minimum atomic E-state index is -0.920. The lowest BCUT2D eigenvalue weighted by molar-refractivity contribution is -0.138. The highest BCUT2D eigenvalue weighted by Crippen LogP contribution is 2.35. The van der Waals surface area contributed by atoms with Crippen molar-refractivity contribution in [2.45, 2.75) is 19.3 Å². The molecule has 0 aromatic heterocycles. The molecule has 124 valence electrons. The van der Waals surface area contributed by atoms with Gasteiger partial charge >= 0.3 is 5.97 Å². The predicted octanol–water partition coefficient (Wildman–Crippen LogP) is 3.05. The van der Waals surface area contributed by atoms with E-state index in [1.54, 1.807) is 44.4 Å². The van der Waals surface area contributed by atoms with Gasteiger partial charge in [-0.1, -0.05) is 6.07 Å². The number of aliphatic carboxylic acids is 1. The number of methoxy groups -OCH3 is 1. The molecule has 1 aliphatic rings. The Morgan fingerprint density at radius 2 is 1.92 bits per heavy atom. The summed E-state index contributed by atoms with van der Waals surface area (Å²) in [6.45, 7) is 2.12. The topological polar surface area (TPSA) is 72.8 Å². The summed E-state index contributed by atoms with van der Waals surface area (Å²) >= 11 is 0. The molecule has 5 heteroatoms. The lowest BCUT2D eigenvalue weighted by Gasteiger charge is -2.13. The largest absolute Gasteiger partial charge is 0.497 e. The van der Waals surface area contributed by atoms with Crippen molar-refractivity contribution in [1.29, 1.82) is 0 Å². The molecule has 0 saturated heterocycles. The van der Waals surface area contributed by atoms with E-state index in [4.69, 9.17) is 9.47 Å². The molecule has 24 heavy (non-hydrogen) atoms. The van der Waals surface area contributed by atoms with E-state index in [1.807, 2.05) is 6.07 Å². The summed E-state index contributed by atoms with van der Waals surface area (Å²) in [5, 5.41) is 9.26. The third kappa shape index (κ3) is 2.85. The number of rotatable bonds is 5. The standard InChI is InChI=1S/C19H18O5/c1-11(19(21)22)14-9-13-7-8-24-18(13)16(10-14)17(20)12-3-5-15(23-2)6-4-12/h3-6,9-11H,7-8H2,1-2H3,(H,21,22). The minimum Gasteiger partial charge on any atom is -0.497 e. The van der Waals surface area contributed by atoms with Crippen molar-refractivity contribution in [1.82, 2.24) is 0 Å². The van der Waals surface area contributed by atoms with Crippen LogP contribution in [0, 0.1) is 0 Å². The molecule has 3 rings (SSSR count). The lowest BCUT2D eigenvalue weighted by atomic mass is 9.92. The number of carbonyl (C=O) groups is 2. The molecule has 0 amide bonds. The van der Waals surface area contributed by atoms with Crippen LogP contribution in [0.25, 0.3) is 0 Å². The van der Waals surface area contributed by atoms with Crippen molar-refractivity contribution in [3.8, 4) is 11.5 Å². The van der Waals surface area contributed by atoms with E-state index < -0.39 is 11.9 Å². The molecule has 1 heterocycles. The third-order valence-corrected chi connectivity index (χ3v) is 4.27. The molecule has 0 saturated carbocycles. The average molecular weight is 326 g/mol. The van der Waals surface area contributed by atoms with E-state index >= 15 is 0 Å². The predicted molar refractivity (Wildman–Crippen MR) is 88.1 cm³/mol. The van der Waals surface area contributed by atoms with Gasteiger partial charge in [-0.25, -0.2) is 0 Å². The number of fused-ring (bicyclic) bond motifs is 1. The Bertz CT molecular complexity index is 792. The number of hydrogen-bond donors (Lipinski definition) is 1. The maximum Gasteiger partial charge on any atom is 0.310 e. The van der Waals surface area contributed by atoms with Gasteiger partial charge < -0.3 is 14.6 Å². The summed E-state index contributed by atoms with van der Waals surface area (Å²) < 4.78 is 10.7. The van der Waals surface area contributed by atoms with Crippen molar-refractivity contribution in [2.75, 3.05) is 13.7 Å². The highest BCUT2D eigenvalue weighted by molar-refractivity contribution is 6.11. The molecule has 0 aliphatic carbocycles. The summed E-state index contributed by atoms with van der Waals surface area (Å²) in [6, 6.07) is 10.3. The molecule has 2 aromatic rings. The number of carboxylic acids is 1. The molecule has 1 N–H and O–H groups in total. The molecule has 0 fully saturated rings. The van der Waals surface area contributed by atoms with Crippen molar-refractivity contribution < 1.29 is 24.2 Å². The second-order valence-electron chi connectivity index (χ2n) is 5.77. The quantitative estimate of drug-likeness (QED) is 0.855. The zero-order valence-electron chi connectivity index (χ0n) is 13.5. The van der Waals surface area contributed by atoms with Gasteiger partial charge in [0.1, 0.15) is 11.5 Å². The Labute approximate surface area is 139 Å².